The molecule has 0 saturated carbocycles. The lowest BCUT2D eigenvalue weighted by Crippen LogP contribution is -2.00. The summed E-state index contributed by atoms with van der Waals surface area (Å²) in [6.07, 6.45) is 0.0911. The lowest BCUT2D eigenvalue weighted by atomic mass is 10.3. The Hall–Kier alpha value is -1.22. The summed E-state index contributed by atoms with van der Waals surface area (Å²) in [5, 5.41) is 8.97. The van der Waals surface area contributed by atoms with E-state index < -0.39 is 0 Å². The van der Waals surface area contributed by atoms with E-state index in [1.807, 2.05) is 6.92 Å². The Bertz CT molecular complexity index is 268. The van der Waals surface area contributed by atoms with E-state index in [9.17, 15) is 0 Å². The van der Waals surface area contributed by atoms with E-state index in [-0.39, 0.29) is 18.1 Å². The van der Waals surface area contributed by atoms with E-state index in [0.717, 1.165) is 5.75 Å². The molecule has 0 amide bonds. The van der Waals surface area contributed by atoms with Gasteiger partial charge in [-0.05, 0) is 31.2 Å². The van der Waals surface area contributed by atoms with E-state index >= 15 is 0 Å². The Labute approximate surface area is 70.5 Å². The van der Waals surface area contributed by atoms with Crippen LogP contribution in [0.3, 0.4) is 0 Å². The molecule has 12 heavy (non-hydrogen) atoms. The second kappa shape index (κ2) is 2.68. The summed E-state index contributed by atoms with van der Waals surface area (Å²) in [4.78, 5) is 0. The molecule has 3 heteroatoms. The van der Waals surface area contributed by atoms with Gasteiger partial charge in [0.2, 0.25) is 6.29 Å². The first kappa shape index (κ1) is 7.43. The van der Waals surface area contributed by atoms with Crippen LogP contribution in [0.25, 0.3) is 0 Å². The number of hydrogen-bond donors (Lipinski definition) is 1. The Kier molecular flexibility index (Phi) is 1.66. The fourth-order valence-electron chi connectivity index (χ4n) is 0.949. The van der Waals surface area contributed by atoms with Crippen molar-refractivity contribution in [3.8, 4) is 11.5 Å². The minimum absolute atomic E-state index is 0.102. The molecule has 3 nitrogen and oxygen atoms in total. The molecule has 1 fully saturated rings. The first-order valence-electron chi connectivity index (χ1n) is 3.87. The van der Waals surface area contributed by atoms with Crippen LogP contribution in [0.15, 0.2) is 24.3 Å². The van der Waals surface area contributed by atoms with Crippen LogP contribution in [0.4, 0.5) is 0 Å². The number of aromatic hydroxyl groups is 1. The minimum Gasteiger partial charge on any atom is -0.508 e. The predicted molar refractivity (Wildman–Crippen MR) is 43.1 cm³/mol. The van der Waals surface area contributed by atoms with E-state index in [2.05, 4.69) is 0 Å². The van der Waals surface area contributed by atoms with Gasteiger partial charge in [0.25, 0.3) is 0 Å². The summed E-state index contributed by atoms with van der Waals surface area (Å²) in [5.74, 6) is 0.967. The smallest absolute Gasteiger partial charge is 0.226 e. The summed E-state index contributed by atoms with van der Waals surface area (Å²) in [5.41, 5.74) is 0. The molecule has 1 saturated heterocycles. The van der Waals surface area contributed by atoms with Gasteiger partial charge in [-0.1, -0.05) is 0 Å². The normalized spacial score (nSPS) is 26.8. The average Bonchev–Trinajstić information content (AvgIpc) is 2.72. The van der Waals surface area contributed by atoms with Crippen LogP contribution in [-0.2, 0) is 4.74 Å². The molecule has 0 aromatic heterocycles. The van der Waals surface area contributed by atoms with Crippen LogP contribution in [0.2, 0.25) is 0 Å². The number of hydrogen-bond acceptors (Lipinski definition) is 3. The number of rotatable bonds is 2. The van der Waals surface area contributed by atoms with Crippen LogP contribution in [-0.4, -0.2) is 17.5 Å². The molecule has 64 valence electrons. The van der Waals surface area contributed by atoms with Gasteiger partial charge in [-0.2, -0.15) is 0 Å². The van der Waals surface area contributed by atoms with Crippen molar-refractivity contribution in [2.75, 3.05) is 0 Å². The van der Waals surface area contributed by atoms with Crippen molar-refractivity contribution in [2.45, 2.75) is 19.3 Å². The molecule has 2 rings (SSSR count). The highest BCUT2D eigenvalue weighted by Crippen LogP contribution is 2.26. The fourth-order valence-corrected chi connectivity index (χ4v) is 0.949. The van der Waals surface area contributed by atoms with Gasteiger partial charge in [0, 0.05) is 0 Å². The molecule has 1 heterocycles. The molecule has 1 aliphatic rings. The van der Waals surface area contributed by atoms with E-state index in [4.69, 9.17) is 14.6 Å². The third-order valence-electron chi connectivity index (χ3n) is 1.74. The monoisotopic (exact) mass is 166 g/mol. The summed E-state index contributed by atoms with van der Waals surface area (Å²) in [6, 6.07) is 6.60. The van der Waals surface area contributed by atoms with Crippen molar-refractivity contribution >= 4 is 0 Å². The van der Waals surface area contributed by atoms with Crippen molar-refractivity contribution in [2.24, 2.45) is 0 Å². The van der Waals surface area contributed by atoms with E-state index in [0.29, 0.717) is 0 Å². The summed E-state index contributed by atoms with van der Waals surface area (Å²) >= 11 is 0. The number of benzene rings is 1. The van der Waals surface area contributed by atoms with Crippen molar-refractivity contribution in [3.05, 3.63) is 24.3 Å². The van der Waals surface area contributed by atoms with Gasteiger partial charge in [0.05, 0.1) is 0 Å². The molecule has 2 atom stereocenters. The SMILES string of the molecule is CC1OC1Oc1ccc(O)cc1. The zero-order chi connectivity index (χ0) is 8.55. The molecule has 2 unspecified atom stereocenters. The second-order valence-corrected chi connectivity index (χ2v) is 2.82. The standard InChI is InChI=1S/C9H10O3/c1-6-9(11-6)12-8-4-2-7(10)3-5-8/h2-6,9-10H,1H3. The van der Waals surface area contributed by atoms with Crippen LogP contribution in [0.1, 0.15) is 6.92 Å². The van der Waals surface area contributed by atoms with Gasteiger partial charge in [-0.25, -0.2) is 0 Å². The Morgan fingerprint density at radius 1 is 1.33 bits per heavy atom. The van der Waals surface area contributed by atoms with Gasteiger partial charge in [0.1, 0.15) is 17.6 Å². The molecule has 0 aliphatic carbocycles. The van der Waals surface area contributed by atoms with E-state index in [1.165, 1.54) is 0 Å². The topological polar surface area (TPSA) is 42.0 Å². The summed E-state index contributed by atoms with van der Waals surface area (Å²) in [7, 11) is 0. The Morgan fingerprint density at radius 3 is 2.42 bits per heavy atom. The van der Waals surface area contributed by atoms with Crippen LogP contribution in [0, 0.1) is 0 Å². The maximum absolute atomic E-state index is 8.97. The highest BCUT2D eigenvalue weighted by molar-refractivity contribution is 5.30. The highest BCUT2D eigenvalue weighted by Gasteiger charge is 2.36. The quantitative estimate of drug-likeness (QED) is 0.677. The van der Waals surface area contributed by atoms with Gasteiger partial charge in [-0.15, -0.1) is 0 Å². The second-order valence-electron chi connectivity index (χ2n) is 2.82. The zero-order valence-corrected chi connectivity index (χ0v) is 6.73. The van der Waals surface area contributed by atoms with Gasteiger partial charge in [0.15, 0.2) is 0 Å². The molecule has 1 N–H and O–H groups in total. The molecule has 1 aromatic rings. The number of ether oxygens (including phenoxy) is 2. The van der Waals surface area contributed by atoms with Gasteiger partial charge >= 0.3 is 0 Å². The van der Waals surface area contributed by atoms with Crippen molar-refractivity contribution in [3.63, 3.8) is 0 Å². The maximum atomic E-state index is 8.97. The van der Waals surface area contributed by atoms with Crippen LogP contribution in [0.5, 0.6) is 11.5 Å². The van der Waals surface area contributed by atoms with E-state index in [1.54, 1.807) is 24.3 Å². The van der Waals surface area contributed by atoms with Crippen molar-refractivity contribution in [1.29, 1.82) is 0 Å². The van der Waals surface area contributed by atoms with Crippen molar-refractivity contribution < 1.29 is 14.6 Å². The molecular formula is C9H10O3. The molecular weight excluding hydrogens is 156 g/mol. The molecule has 1 aromatic carbocycles. The highest BCUT2D eigenvalue weighted by atomic mass is 16.8. The Balaban J connectivity index is 2.00. The van der Waals surface area contributed by atoms with Gasteiger partial charge < -0.3 is 14.6 Å². The number of phenols is 1. The third kappa shape index (κ3) is 1.51. The Morgan fingerprint density at radius 2 is 1.92 bits per heavy atom. The number of epoxide rings is 1. The first-order valence-corrected chi connectivity index (χ1v) is 3.87. The summed E-state index contributed by atoms with van der Waals surface area (Å²) < 4.78 is 10.4. The van der Waals surface area contributed by atoms with Gasteiger partial charge in [-0.3, -0.25) is 0 Å². The molecule has 0 bridgehead atoms. The third-order valence-corrected chi connectivity index (χ3v) is 1.74. The maximum Gasteiger partial charge on any atom is 0.226 e. The fraction of sp³-hybridized carbons (Fsp3) is 0.333. The van der Waals surface area contributed by atoms with Crippen LogP contribution >= 0.6 is 0 Å². The zero-order valence-electron chi connectivity index (χ0n) is 6.73. The number of phenolic OH excluding ortho intramolecular Hbond substituents is 1. The molecule has 0 radical (unpaired) electrons. The molecule has 1 aliphatic heterocycles. The summed E-state index contributed by atoms with van der Waals surface area (Å²) in [6.45, 7) is 1.95. The lowest BCUT2D eigenvalue weighted by molar-refractivity contribution is 0.178. The minimum atomic E-state index is -0.102. The van der Waals surface area contributed by atoms with Crippen molar-refractivity contribution in [1.82, 2.24) is 0 Å². The first-order chi connectivity index (χ1) is 5.75. The average molecular weight is 166 g/mol. The largest absolute Gasteiger partial charge is 0.508 e. The lowest BCUT2D eigenvalue weighted by Gasteiger charge is -2.00. The predicted octanol–water partition coefficient (Wildman–Crippen LogP) is 1.52. The molecule has 0 spiro atoms. The van der Waals surface area contributed by atoms with Crippen LogP contribution < -0.4 is 4.74 Å².